The van der Waals surface area contributed by atoms with Crippen LogP contribution in [-0.2, 0) is 4.74 Å². The van der Waals surface area contributed by atoms with Gasteiger partial charge in [-0.25, -0.2) is 4.79 Å². The Bertz CT molecular complexity index is 331. The fourth-order valence-corrected chi connectivity index (χ4v) is 1.01. The molecular formula is C11H14O3. The van der Waals surface area contributed by atoms with Crippen molar-refractivity contribution in [3.63, 3.8) is 0 Å². The third kappa shape index (κ3) is 2.49. The highest BCUT2D eigenvalue weighted by molar-refractivity contribution is 5.89. The van der Waals surface area contributed by atoms with E-state index in [-0.39, 0.29) is 11.7 Å². The van der Waals surface area contributed by atoms with Gasteiger partial charge in [0.05, 0.1) is 12.2 Å². The lowest BCUT2D eigenvalue weighted by Crippen LogP contribution is -2.05. The van der Waals surface area contributed by atoms with Crippen molar-refractivity contribution in [1.82, 2.24) is 0 Å². The average Bonchev–Trinajstić information content (AvgIpc) is 2.18. The molecular weight excluding hydrogens is 180 g/mol. The Morgan fingerprint density at radius 2 is 2.21 bits per heavy atom. The van der Waals surface area contributed by atoms with Crippen LogP contribution in [0.25, 0.3) is 0 Å². The molecule has 14 heavy (non-hydrogen) atoms. The highest BCUT2D eigenvalue weighted by atomic mass is 16.5. The van der Waals surface area contributed by atoms with Crippen LogP contribution in [0.3, 0.4) is 0 Å². The Morgan fingerprint density at radius 1 is 1.50 bits per heavy atom. The molecule has 3 nitrogen and oxygen atoms in total. The van der Waals surface area contributed by atoms with Gasteiger partial charge in [0, 0.05) is 0 Å². The molecule has 0 saturated heterocycles. The van der Waals surface area contributed by atoms with E-state index in [2.05, 4.69) is 0 Å². The second-order valence-electron chi connectivity index (χ2n) is 3.14. The van der Waals surface area contributed by atoms with E-state index in [9.17, 15) is 9.90 Å². The zero-order chi connectivity index (χ0) is 10.6. The largest absolute Gasteiger partial charge is 0.508 e. The number of rotatable bonds is 3. The normalized spacial score (nSPS) is 9.86. The standard InChI is InChI=1S/C11H14O3/c1-3-6-14-11(13)9-5-4-8(2)10(12)7-9/h4-5,7,12H,3,6H2,1-2H3. The quantitative estimate of drug-likeness (QED) is 0.751. The summed E-state index contributed by atoms with van der Waals surface area (Å²) < 4.78 is 4.92. The van der Waals surface area contributed by atoms with Crippen LogP contribution in [0.15, 0.2) is 18.2 Å². The third-order valence-corrected chi connectivity index (χ3v) is 1.88. The summed E-state index contributed by atoms with van der Waals surface area (Å²) in [5, 5.41) is 9.37. The zero-order valence-electron chi connectivity index (χ0n) is 8.41. The first-order valence-electron chi connectivity index (χ1n) is 4.62. The summed E-state index contributed by atoms with van der Waals surface area (Å²) >= 11 is 0. The van der Waals surface area contributed by atoms with Crippen molar-refractivity contribution in [2.24, 2.45) is 0 Å². The van der Waals surface area contributed by atoms with E-state index in [0.29, 0.717) is 12.2 Å². The number of phenols is 1. The molecule has 1 aromatic rings. The number of ether oxygens (including phenoxy) is 1. The van der Waals surface area contributed by atoms with Gasteiger partial charge in [0.2, 0.25) is 0 Å². The maximum atomic E-state index is 11.3. The first-order chi connectivity index (χ1) is 6.65. The number of carbonyl (C=O) groups is 1. The van der Waals surface area contributed by atoms with Crippen LogP contribution in [0.1, 0.15) is 29.3 Å². The molecule has 0 spiro atoms. The molecule has 1 aromatic carbocycles. The van der Waals surface area contributed by atoms with Crippen LogP contribution in [0, 0.1) is 6.92 Å². The molecule has 0 aliphatic carbocycles. The third-order valence-electron chi connectivity index (χ3n) is 1.88. The van der Waals surface area contributed by atoms with Crippen LogP contribution in [-0.4, -0.2) is 17.7 Å². The van der Waals surface area contributed by atoms with E-state index < -0.39 is 0 Å². The second kappa shape index (κ2) is 4.65. The highest BCUT2D eigenvalue weighted by Crippen LogP contribution is 2.17. The molecule has 0 aliphatic heterocycles. The summed E-state index contributed by atoms with van der Waals surface area (Å²) in [5.41, 5.74) is 1.14. The van der Waals surface area contributed by atoms with Gasteiger partial charge in [-0.2, -0.15) is 0 Å². The van der Waals surface area contributed by atoms with Crippen LogP contribution < -0.4 is 0 Å². The van der Waals surface area contributed by atoms with E-state index in [1.54, 1.807) is 19.1 Å². The van der Waals surface area contributed by atoms with Crippen molar-refractivity contribution in [3.05, 3.63) is 29.3 Å². The van der Waals surface area contributed by atoms with E-state index in [4.69, 9.17) is 4.74 Å². The van der Waals surface area contributed by atoms with Crippen LogP contribution in [0.2, 0.25) is 0 Å². The summed E-state index contributed by atoms with van der Waals surface area (Å²) in [6.07, 6.45) is 0.795. The van der Waals surface area contributed by atoms with Crippen molar-refractivity contribution >= 4 is 5.97 Å². The van der Waals surface area contributed by atoms with Crippen molar-refractivity contribution < 1.29 is 14.6 Å². The van der Waals surface area contributed by atoms with Gasteiger partial charge in [0.1, 0.15) is 5.75 Å². The SMILES string of the molecule is CCCOC(=O)c1ccc(C)c(O)c1. The monoisotopic (exact) mass is 194 g/mol. The first-order valence-corrected chi connectivity index (χ1v) is 4.62. The summed E-state index contributed by atoms with van der Waals surface area (Å²) in [7, 11) is 0. The molecule has 76 valence electrons. The van der Waals surface area contributed by atoms with Gasteiger partial charge in [-0.15, -0.1) is 0 Å². The lowest BCUT2D eigenvalue weighted by Gasteiger charge is -2.04. The molecule has 0 heterocycles. The van der Waals surface area contributed by atoms with Crippen LogP contribution in [0.4, 0.5) is 0 Å². The number of benzene rings is 1. The topological polar surface area (TPSA) is 46.5 Å². The number of esters is 1. The number of aromatic hydroxyl groups is 1. The molecule has 0 bridgehead atoms. The maximum absolute atomic E-state index is 11.3. The van der Waals surface area contributed by atoms with Crippen LogP contribution >= 0.6 is 0 Å². The van der Waals surface area contributed by atoms with E-state index in [1.165, 1.54) is 6.07 Å². The predicted molar refractivity (Wildman–Crippen MR) is 53.4 cm³/mol. The molecule has 0 amide bonds. The molecule has 1 N–H and O–H groups in total. The minimum absolute atomic E-state index is 0.121. The lowest BCUT2D eigenvalue weighted by atomic mass is 10.1. The smallest absolute Gasteiger partial charge is 0.338 e. The first kappa shape index (κ1) is 10.6. The summed E-state index contributed by atoms with van der Waals surface area (Å²) in [5.74, 6) is -0.266. The van der Waals surface area contributed by atoms with Gasteiger partial charge in [-0.05, 0) is 31.0 Å². The van der Waals surface area contributed by atoms with Gasteiger partial charge in [0.25, 0.3) is 0 Å². The molecule has 0 atom stereocenters. The minimum atomic E-state index is -0.387. The molecule has 0 unspecified atom stereocenters. The van der Waals surface area contributed by atoms with Crippen LogP contribution in [0.5, 0.6) is 5.75 Å². The van der Waals surface area contributed by atoms with Gasteiger partial charge in [0.15, 0.2) is 0 Å². The van der Waals surface area contributed by atoms with Gasteiger partial charge in [-0.1, -0.05) is 13.0 Å². The molecule has 3 heteroatoms. The lowest BCUT2D eigenvalue weighted by molar-refractivity contribution is 0.0504. The van der Waals surface area contributed by atoms with Crippen molar-refractivity contribution in [2.75, 3.05) is 6.61 Å². The maximum Gasteiger partial charge on any atom is 0.338 e. The Hall–Kier alpha value is -1.51. The highest BCUT2D eigenvalue weighted by Gasteiger charge is 2.07. The molecule has 1 rings (SSSR count). The molecule has 0 aliphatic rings. The minimum Gasteiger partial charge on any atom is -0.508 e. The number of aryl methyl sites for hydroxylation is 1. The number of hydrogen-bond donors (Lipinski definition) is 1. The van der Waals surface area contributed by atoms with Gasteiger partial charge >= 0.3 is 5.97 Å². The number of carbonyl (C=O) groups excluding carboxylic acids is 1. The molecule has 0 aromatic heterocycles. The van der Waals surface area contributed by atoms with Gasteiger partial charge < -0.3 is 9.84 Å². The predicted octanol–water partition coefficient (Wildman–Crippen LogP) is 2.27. The summed E-state index contributed by atoms with van der Waals surface area (Å²) in [4.78, 5) is 11.3. The molecule has 0 saturated carbocycles. The Labute approximate surface area is 83.3 Å². The van der Waals surface area contributed by atoms with Gasteiger partial charge in [-0.3, -0.25) is 0 Å². The van der Waals surface area contributed by atoms with Crippen molar-refractivity contribution in [2.45, 2.75) is 20.3 Å². The second-order valence-corrected chi connectivity index (χ2v) is 3.14. The zero-order valence-corrected chi connectivity index (χ0v) is 8.41. The summed E-state index contributed by atoms with van der Waals surface area (Å²) in [6.45, 7) is 4.11. The number of phenolic OH excluding ortho intramolecular Hbond substituents is 1. The Balaban J connectivity index is 2.76. The van der Waals surface area contributed by atoms with E-state index in [1.807, 2.05) is 6.92 Å². The average molecular weight is 194 g/mol. The van der Waals surface area contributed by atoms with E-state index in [0.717, 1.165) is 12.0 Å². The van der Waals surface area contributed by atoms with Crippen molar-refractivity contribution in [3.8, 4) is 5.75 Å². The molecule has 0 fully saturated rings. The fourth-order valence-electron chi connectivity index (χ4n) is 1.01. The fraction of sp³-hybridized carbons (Fsp3) is 0.364. The Kier molecular flexibility index (Phi) is 3.51. The van der Waals surface area contributed by atoms with Crippen molar-refractivity contribution in [1.29, 1.82) is 0 Å². The Morgan fingerprint density at radius 3 is 2.79 bits per heavy atom. The summed E-state index contributed by atoms with van der Waals surface area (Å²) in [6, 6.07) is 4.76. The molecule has 0 radical (unpaired) electrons. The van der Waals surface area contributed by atoms with E-state index >= 15 is 0 Å². The number of hydrogen-bond acceptors (Lipinski definition) is 3.